The fraction of sp³-hybridized carbons (Fsp3) is 0.375. The summed E-state index contributed by atoms with van der Waals surface area (Å²) < 4.78 is 4.55. The van der Waals surface area contributed by atoms with Gasteiger partial charge in [0.05, 0.1) is 11.1 Å². The molecule has 100 valence electrons. The van der Waals surface area contributed by atoms with E-state index in [0.717, 1.165) is 12.0 Å². The van der Waals surface area contributed by atoms with Gasteiger partial charge in [-0.2, -0.15) is 0 Å². The van der Waals surface area contributed by atoms with E-state index in [2.05, 4.69) is 17.7 Å². The molecule has 0 atom stereocenters. The number of cyclic esters (lactones) is 2. The Balaban J connectivity index is 1.95. The van der Waals surface area contributed by atoms with Crippen LogP contribution in [0.25, 0.3) is 6.08 Å². The molecular weight excluding hydrogens is 240 g/mol. The van der Waals surface area contributed by atoms with Crippen LogP contribution >= 0.6 is 0 Å². The summed E-state index contributed by atoms with van der Waals surface area (Å²) in [7, 11) is 0. The molecule has 0 radical (unpaired) electrons. The van der Waals surface area contributed by atoms with Gasteiger partial charge in [-0.1, -0.05) is 44.4 Å². The van der Waals surface area contributed by atoms with Crippen LogP contribution in [0.5, 0.6) is 0 Å². The molecule has 0 saturated carbocycles. The fourth-order valence-corrected chi connectivity index (χ4v) is 2.11. The largest absolute Gasteiger partial charge is 0.386 e. The third kappa shape index (κ3) is 3.31. The Morgan fingerprint density at radius 3 is 2.63 bits per heavy atom. The first-order valence-corrected chi connectivity index (χ1v) is 6.79. The topological polar surface area (TPSA) is 43.4 Å². The monoisotopic (exact) mass is 258 g/mol. The van der Waals surface area contributed by atoms with Crippen LogP contribution in [0.4, 0.5) is 0 Å². The molecule has 0 unspecified atom stereocenters. The third-order valence-electron chi connectivity index (χ3n) is 3.20. The molecule has 1 aromatic rings. The van der Waals surface area contributed by atoms with E-state index >= 15 is 0 Å². The lowest BCUT2D eigenvalue weighted by Gasteiger charge is -1.97. The van der Waals surface area contributed by atoms with Gasteiger partial charge in [0, 0.05) is 0 Å². The van der Waals surface area contributed by atoms with Crippen LogP contribution in [0.15, 0.2) is 24.3 Å². The van der Waals surface area contributed by atoms with Crippen LogP contribution in [0.3, 0.4) is 0 Å². The lowest BCUT2D eigenvalue weighted by molar-refractivity contribution is 0.0444. The molecule has 1 heterocycles. The Morgan fingerprint density at radius 1 is 1.05 bits per heavy atom. The minimum absolute atomic E-state index is 0.366. The van der Waals surface area contributed by atoms with E-state index in [1.807, 2.05) is 12.1 Å². The predicted molar refractivity (Wildman–Crippen MR) is 74.0 cm³/mol. The van der Waals surface area contributed by atoms with Crippen LogP contribution in [0.2, 0.25) is 0 Å². The number of carbonyl (C=O) groups excluding carboxylic acids is 2. The molecule has 0 fully saturated rings. The molecule has 0 saturated heterocycles. The van der Waals surface area contributed by atoms with Gasteiger partial charge < -0.3 is 4.74 Å². The molecule has 1 aliphatic rings. The summed E-state index contributed by atoms with van der Waals surface area (Å²) in [5.74, 6) is -1.09. The van der Waals surface area contributed by atoms with Crippen molar-refractivity contribution in [1.82, 2.24) is 0 Å². The summed E-state index contributed by atoms with van der Waals surface area (Å²) >= 11 is 0. The maximum Gasteiger partial charge on any atom is 0.346 e. The molecule has 0 N–H and O–H groups in total. The average Bonchev–Trinajstić information content (AvgIpc) is 2.69. The first kappa shape index (κ1) is 13.5. The van der Waals surface area contributed by atoms with Gasteiger partial charge in [-0.15, -0.1) is 0 Å². The molecular formula is C16H18O3. The quantitative estimate of drug-likeness (QED) is 0.440. The molecule has 0 amide bonds. The van der Waals surface area contributed by atoms with E-state index in [9.17, 15) is 9.59 Å². The highest BCUT2D eigenvalue weighted by Gasteiger charge is 2.29. The van der Waals surface area contributed by atoms with Crippen LogP contribution in [0, 0.1) is 0 Å². The van der Waals surface area contributed by atoms with Crippen molar-refractivity contribution in [3.63, 3.8) is 0 Å². The average molecular weight is 258 g/mol. The normalized spacial score (nSPS) is 13.9. The zero-order valence-electron chi connectivity index (χ0n) is 11.1. The maximum absolute atomic E-state index is 11.4. The summed E-state index contributed by atoms with van der Waals surface area (Å²) in [5.41, 5.74) is 1.67. The summed E-state index contributed by atoms with van der Waals surface area (Å²) in [6.45, 7) is 2.20. The van der Waals surface area contributed by atoms with Gasteiger partial charge in [0.25, 0.3) is 0 Å². The van der Waals surface area contributed by atoms with E-state index in [-0.39, 0.29) is 0 Å². The second-order valence-corrected chi connectivity index (χ2v) is 4.73. The van der Waals surface area contributed by atoms with Crippen molar-refractivity contribution in [2.24, 2.45) is 0 Å². The van der Waals surface area contributed by atoms with E-state index in [0.29, 0.717) is 11.1 Å². The minimum atomic E-state index is -0.546. The van der Waals surface area contributed by atoms with Crippen molar-refractivity contribution >= 4 is 18.0 Å². The summed E-state index contributed by atoms with van der Waals surface area (Å²) in [6, 6.07) is 5.20. The standard InChI is InChI=1S/C16H18O3/c1-2-3-4-5-6-7-8-12-9-10-13-14(11-12)16(18)19-15(13)17/h7-11H,2-6H2,1H3/b8-7+. The number of unbranched alkanes of at least 4 members (excludes halogenated alkanes) is 4. The highest BCUT2D eigenvalue weighted by Crippen LogP contribution is 2.21. The number of hydrogen-bond donors (Lipinski definition) is 0. The number of rotatable bonds is 6. The van der Waals surface area contributed by atoms with Crippen molar-refractivity contribution in [2.75, 3.05) is 0 Å². The highest BCUT2D eigenvalue weighted by atomic mass is 16.6. The number of esters is 2. The minimum Gasteiger partial charge on any atom is -0.386 e. The molecule has 0 bridgehead atoms. The zero-order chi connectivity index (χ0) is 13.7. The Hall–Kier alpha value is -1.90. The maximum atomic E-state index is 11.4. The Kier molecular flexibility index (Phi) is 4.50. The molecule has 0 aromatic heterocycles. The van der Waals surface area contributed by atoms with Crippen LogP contribution in [-0.2, 0) is 4.74 Å². The number of hydrogen-bond acceptors (Lipinski definition) is 3. The molecule has 3 nitrogen and oxygen atoms in total. The first-order chi connectivity index (χ1) is 9.22. The summed E-state index contributed by atoms with van der Waals surface area (Å²) in [4.78, 5) is 22.7. The number of ether oxygens (including phenoxy) is 1. The van der Waals surface area contributed by atoms with Gasteiger partial charge in [0.2, 0.25) is 0 Å². The van der Waals surface area contributed by atoms with Crippen molar-refractivity contribution in [2.45, 2.75) is 39.0 Å². The Morgan fingerprint density at radius 2 is 1.84 bits per heavy atom. The fourth-order valence-electron chi connectivity index (χ4n) is 2.11. The number of carbonyl (C=O) groups is 2. The predicted octanol–water partition coefficient (Wildman–Crippen LogP) is 3.98. The second kappa shape index (κ2) is 6.32. The lowest BCUT2D eigenvalue weighted by atomic mass is 10.0. The van der Waals surface area contributed by atoms with Crippen molar-refractivity contribution in [3.8, 4) is 0 Å². The molecule has 3 heteroatoms. The van der Waals surface area contributed by atoms with Gasteiger partial charge in [-0.25, -0.2) is 9.59 Å². The third-order valence-corrected chi connectivity index (χ3v) is 3.20. The number of allylic oxidation sites excluding steroid dienone is 1. The number of fused-ring (bicyclic) bond motifs is 1. The summed E-state index contributed by atoms with van der Waals surface area (Å²) in [5, 5.41) is 0. The van der Waals surface area contributed by atoms with Crippen LogP contribution in [-0.4, -0.2) is 11.9 Å². The van der Waals surface area contributed by atoms with E-state index in [1.54, 1.807) is 12.1 Å². The van der Waals surface area contributed by atoms with E-state index < -0.39 is 11.9 Å². The molecule has 0 spiro atoms. The molecule has 1 aromatic carbocycles. The molecule has 1 aliphatic heterocycles. The Bertz CT molecular complexity index is 515. The summed E-state index contributed by atoms with van der Waals surface area (Å²) in [6.07, 6.45) is 10.1. The number of benzene rings is 1. The van der Waals surface area contributed by atoms with Crippen molar-refractivity contribution < 1.29 is 14.3 Å². The Labute approximate surface area is 113 Å². The van der Waals surface area contributed by atoms with Gasteiger partial charge >= 0.3 is 11.9 Å². The van der Waals surface area contributed by atoms with Gasteiger partial charge in [0.15, 0.2) is 0 Å². The van der Waals surface area contributed by atoms with E-state index in [4.69, 9.17) is 0 Å². The second-order valence-electron chi connectivity index (χ2n) is 4.73. The van der Waals surface area contributed by atoms with Crippen molar-refractivity contribution in [1.29, 1.82) is 0 Å². The van der Waals surface area contributed by atoms with Gasteiger partial charge in [-0.3, -0.25) is 0 Å². The van der Waals surface area contributed by atoms with Crippen LogP contribution in [0.1, 0.15) is 65.3 Å². The zero-order valence-corrected chi connectivity index (χ0v) is 11.1. The molecule has 2 rings (SSSR count). The molecule has 0 aliphatic carbocycles. The van der Waals surface area contributed by atoms with Gasteiger partial charge in [0.1, 0.15) is 0 Å². The first-order valence-electron chi connectivity index (χ1n) is 6.79. The van der Waals surface area contributed by atoms with E-state index in [1.165, 1.54) is 25.7 Å². The highest BCUT2D eigenvalue weighted by molar-refractivity contribution is 6.14. The van der Waals surface area contributed by atoms with Gasteiger partial charge in [-0.05, 0) is 30.5 Å². The smallest absolute Gasteiger partial charge is 0.346 e. The van der Waals surface area contributed by atoms with Crippen LogP contribution < -0.4 is 0 Å². The SMILES string of the molecule is CCCCCC/C=C/c1ccc2c(c1)C(=O)OC2=O. The lowest BCUT2D eigenvalue weighted by Crippen LogP contribution is -1.96. The van der Waals surface area contributed by atoms with Crippen molar-refractivity contribution in [3.05, 3.63) is 41.0 Å². The molecule has 19 heavy (non-hydrogen) atoms.